The first-order valence-corrected chi connectivity index (χ1v) is 7.09. The number of piperazine rings is 1. The van der Waals surface area contributed by atoms with E-state index >= 15 is 0 Å². The van der Waals surface area contributed by atoms with Gasteiger partial charge in [0, 0.05) is 31.9 Å². The second-order valence-corrected chi connectivity index (χ2v) is 5.62. The van der Waals surface area contributed by atoms with Crippen molar-refractivity contribution in [1.29, 1.82) is 0 Å². The first-order valence-electron chi connectivity index (χ1n) is 7.09. The lowest BCUT2D eigenvalue weighted by molar-refractivity contribution is -0.134. The fourth-order valence-corrected chi connectivity index (χ4v) is 2.37. The van der Waals surface area contributed by atoms with E-state index in [4.69, 9.17) is 0 Å². The van der Waals surface area contributed by atoms with E-state index in [-0.39, 0.29) is 18.1 Å². The summed E-state index contributed by atoms with van der Waals surface area (Å²) >= 11 is 0. The van der Waals surface area contributed by atoms with Crippen LogP contribution in [0.1, 0.15) is 13.3 Å². The maximum atomic E-state index is 12.1. The summed E-state index contributed by atoms with van der Waals surface area (Å²) in [7, 11) is 0. The molecule has 1 aromatic carbocycles. The molecule has 1 heterocycles. The molecule has 2 N–H and O–H groups in total. The summed E-state index contributed by atoms with van der Waals surface area (Å²) in [5.74, 6) is 0.199. The number of carbonyl (C=O) groups excluding carboxylic acids is 1. The molecule has 1 atom stereocenters. The van der Waals surface area contributed by atoms with Crippen molar-refractivity contribution >= 4 is 11.6 Å². The van der Waals surface area contributed by atoms with Gasteiger partial charge in [-0.2, -0.15) is 0 Å². The van der Waals surface area contributed by atoms with Crippen LogP contribution < -0.4 is 4.90 Å². The molecule has 0 bridgehead atoms. The predicted molar refractivity (Wildman–Crippen MR) is 82.3 cm³/mol. The number of rotatable bonds is 4. The number of benzene rings is 1. The van der Waals surface area contributed by atoms with Gasteiger partial charge in [-0.05, 0) is 31.2 Å². The minimum absolute atomic E-state index is 0.0507. The Kier molecular flexibility index (Phi) is 4.53. The predicted octanol–water partition coefficient (Wildman–Crippen LogP) is 1.37. The summed E-state index contributed by atoms with van der Waals surface area (Å²) in [6.07, 6.45) is 1.47. The summed E-state index contributed by atoms with van der Waals surface area (Å²) in [6, 6.07) is 7.06. The van der Waals surface area contributed by atoms with Gasteiger partial charge in [0.15, 0.2) is 0 Å². The molecular weight excluding hydrogens is 268 g/mol. The third kappa shape index (κ3) is 3.98. The van der Waals surface area contributed by atoms with E-state index in [0.717, 1.165) is 18.8 Å². The molecule has 1 aliphatic rings. The number of nitrogens with zero attached hydrogens (tertiary/aromatic N) is 2. The molecule has 1 amide bonds. The van der Waals surface area contributed by atoms with Gasteiger partial charge in [0.2, 0.25) is 5.91 Å². The molecule has 5 nitrogen and oxygen atoms in total. The summed E-state index contributed by atoms with van der Waals surface area (Å²) in [5.41, 5.74) is -0.108. The maximum absolute atomic E-state index is 12.1. The fourth-order valence-electron chi connectivity index (χ4n) is 2.37. The van der Waals surface area contributed by atoms with E-state index in [1.165, 1.54) is 6.08 Å². The van der Waals surface area contributed by atoms with Gasteiger partial charge in [0.1, 0.15) is 5.75 Å². The molecule has 0 unspecified atom stereocenters. The SMILES string of the molecule is C=C[C@](C)(O)CC(=O)N1CCN(c2ccc(O)cc2)CC1. The second-order valence-electron chi connectivity index (χ2n) is 5.62. The first kappa shape index (κ1) is 15.4. The third-order valence-corrected chi connectivity index (χ3v) is 3.80. The number of aromatic hydroxyl groups is 1. The number of amides is 1. The lowest BCUT2D eigenvalue weighted by atomic mass is 10.0. The van der Waals surface area contributed by atoms with Crippen molar-refractivity contribution in [2.45, 2.75) is 18.9 Å². The molecule has 0 aliphatic carbocycles. The van der Waals surface area contributed by atoms with Gasteiger partial charge in [0.05, 0.1) is 12.0 Å². The monoisotopic (exact) mass is 290 g/mol. The molecule has 114 valence electrons. The number of carbonyl (C=O) groups is 1. The lowest BCUT2D eigenvalue weighted by Gasteiger charge is -2.37. The Labute approximate surface area is 125 Å². The van der Waals surface area contributed by atoms with Crippen LogP contribution in [0, 0.1) is 0 Å². The standard InChI is InChI=1S/C16H22N2O3/c1-3-16(2,21)12-15(20)18-10-8-17(9-11-18)13-4-6-14(19)7-5-13/h3-7,19,21H,1,8-12H2,2H3/t16-/m0/s1. The van der Waals surface area contributed by atoms with E-state index in [1.54, 1.807) is 24.0 Å². The Bertz CT molecular complexity index is 503. The fraction of sp³-hybridized carbons (Fsp3) is 0.438. The topological polar surface area (TPSA) is 64.0 Å². The number of hydrogen-bond donors (Lipinski definition) is 2. The van der Waals surface area contributed by atoms with Crippen molar-refractivity contribution in [3.8, 4) is 5.75 Å². The molecule has 0 radical (unpaired) electrons. The molecule has 1 fully saturated rings. The van der Waals surface area contributed by atoms with Crippen LogP contribution in [0.5, 0.6) is 5.75 Å². The van der Waals surface area contributed by atoms with Gasteiger partial charge in [-0.25, -0.2) is 0 Å². The summed E-state index contributed by atoms with van der Waals surface area (Å²) in [5, 5.41) is 19.2. The number of phenols is 1. The van der Waals surface area contributed by atoms with E-state index in [0.29, 0.717) is 13.1 Å². The minimum Gasteiger partial charge on any atom is -0.508 e. The average molecular weight is 290 g/mol. The van der Waals surface area contributed by atoms with Gasteiger partial charge in [0.25, 0.3) is 0 Å². The second kappa shape index (κ2) is 6.18. The van der Waals surface area contributed by atoms with Crippen LogP contribution in [0.15, 0.2) is 36.9 Å². The first-order chi connectivity index (χ1) is 9.91. The van der Waals surface area contributed by atoms with Crippen LogP contribution in [0.4, 0.5) is 5.69 Å². The van der Waals surface area contributed by atoms with Crippen molar-refractivity contribution in [2.24, 2.45) is 0 Å². The van der Waals surface area contributed by atoms with Crippen LogP contribution in [-0.4, -0.2) is 52.8 Å². The Morgan fingerprint density at radius 1 is 1.29 bits per heavy atom. The van der Waals surface area contributed by atoms with Crippen molar-refractivity contribution in [3.05, 3.63) is 36.9 Å². The number of phenolic OH excluding ortho intramolecular Hbond substituents is 1. The zero-order valence-electron chi connectivity index (χ0n) is 12.3. The Hall–Kier alpha value is -2.01. The van der Waals surface area contributed by atoms with Crippen LogP contribution >= 0.6 is 0 Å². The molecular formula is C16H22N2O3. The van der Waals surface area contributed by atoms with E-state index in [9.17, 15) is 15.0 Å². The van der Waals surface area contributed by atoms with Crippen molar-refractivity contribution in [3.63, 3.8) is 0 Å². The lowest BCUT2D eigenvalue weighted by Crippen LogP contribution is -2.50. The van der Waals surface area contributed by atoms with Gasteiger partial charge >= 0.3 is 0 Å². The Balaban J connectivity index is 1.89. The zero-order valence-corrected chi connectivity index (χ0v) is 12.3. The summed E-state index contributed by atoms with van der Waals surface area (Å²) in [4.78, 5) is 16.1. The van der Waals surface area contributed by atoms with Gasteiger partial charge in [-0.3, -0.25) is 4.79 Å². The van der Waals surface area contributed by atoms with Crippen molar-refractivity contribution in [2.75, 3.05) is 31.1 Å². The van der Waals surface area contributed by atoms with E-state index in [2.05, 4.69) is 11.5 Å². The molecule has 1 aliphatic heterocycles. The Morgan fingerprint density at radius 3 is 2.38 bits per heavy atom. The van der Waals surface area contributed by atoms with Crippen LogP contribution in [0.2, 0.25) is 0 Å². The number of aliphatic hydroxyl groups is 1. The quantitative estimate of drug-likeness (QED) is 0.822. The van der Waals surface area contributed by atoms with Crippen molar-refractivity contribution < 1.29 is 15.0 Å². The number of anilines is 1. The molecule has 0 spiro atoms. The molecule has 5 heteroatoms. The largest absolute Gasteiger partial charge is 0.508 e. The zero-order chi connectivity index (χ0) is 15.5. The Morgan fingerprint density at radius 2 is 1.86 bits per heavy atom. The molecule has 21 heavy (non-hydrogen) atoms. The van der Waals surface area contributed by atoms with Crippen LogP contribution in [0.3, 0.4) is 0 Å². The highest BCUT2D eigenvalue weighted by Gasteiger charge is 2.26. The molecule has 0 aromatic heterocycles. The highest BCUT2D eigenvalue weighted by Crippen LogP contribution is 2.20. The normalized spacial score (nSPS) is 18.2. The maximum Gasteiger partial charge on any atom is 0.225 e. The van der Waals surface area contributed by atoms with E-state index in [1.807, 2.05) is 12.1 Å². The molecule has 1 saturated heterocycles. The van der Waals surface area contributed by atoms with Crippen LogP contribution in [0.25, 0.3) is 0 Å². The third-order valence-electron chi connectivity index (χ3n) is 3.80. The smallest absolute Gasteiger partial charge is 0.225 e. The number of hydrogen-bond acceptors (Lipinski definition) is 4. The van der Waals surface area contributed by atoms with Crippen LogP contribution in [-0.2, 0) is 4.79 Å². The summed E-state index contributed by atoms with van der Waals surface area (Å²) in [6.45, 7) is 7.88. The molecule has 0 saturated carbocycles. The molecule has 2 rings (SSSR count). The average Bonchev–Trinajstić information content (AvgIpc) is 2.48. The van der Waals surface area contributed by atoms with Gasteiger partial charge in [-0.15, -0.1) is 6.58 Å². The van der Waals surface area contributed by atoms with Gasteiger partial charge < -0.3 is 20.0 Å². The summed E-state index contributed by atoms with van der Waals surface area (Å²) < 4.78 is 0. The molecule has 1 aromatic rings. The van der Waals surface area contributed by atoms with E-state index < -0.39 is 5.60 Å². The highest BCUT2D eigenvalue weighted by molar-refractivity contribution is 5.78. The van der Waals surface area contributed by atoms with Crippen molar-refractivity contribution in [1.82, 2.24) is 4.90 Å². The minimum atomic E-state index is -1.15. The highest BCUT2D eigenvalue weighted by atomic mass is 16.3. The van der Waals surface area contributed by atoms with Gasteiger partial charge in [-0.1, -0.05) is 6.08 Å².